The first-order chi connectivity index (χ1) is 20.9. The molecular weight excluding hydrogens is 566 g/mol. The van der Waals surface area contributed by atoms with E-state index in [4.69, 9.17) is 9.47 Å². The maximum atomic E-state index is 13.5. The van der Waals surface area contributed by atoms with Crippen molar-refractivity contribution in [2.75, 3.05) is 50.4 Å². The van der Waals surface area contributed by atoms with Gasteiger partial charge in [-0.15, -0.1) is 0 Å². The van der Waals surface area contributed by atoms with Crippen LogP contribution in [0.3, 0.4) is 0 Å². The van der Waals surface area contributed by atoms with Crippen molar-refractivity contribution in [1.82, 2.24) is 15.2 Å². The first kappa shape index (κ1) is 29.7. The highest BCUT2D eigenvalue weighted by Crippen LogP contribution is 2.32. The number of rotatable bonds is 12. The molecule has 3 aromatic carbocycles. The van der Waals surface area contributed by atoms with Crippen LogP contribution in [0.15, 0.2) is 89.8 Å². The molecule has 10 nitrogen and oxygen atoms in total. The third-order valence-corrected chi connectivity index (χ3v) is 8.07. The molecule has 3 N–H and O–H groups in total. The molecule has 222 valence electrons. The van der Waals surface area contributed by atoms with Gasteiger partial charge in [0, 0.05) is 49.6 Å². The van der Waals surface area contributed by atoms with Gasteiger partial charge in [-0.3, -0.25) is 9.59 Å². The molecule has 2 amide bonds. The van der Waals surface area contributed by atoms with E-state index in [-0.39, 0.29) is 17.5 Å². The molecule has 0 bridgehead atoms. The maximum Gasteiger partial charge on any atom is 0.270 e. The van der Waals surface area contributed by atoms with Gasteiger partial charge in [-0.1, -0.05) is 30.3 Å². The summed E-state index contributed by atoms with van der Waals surface area (Å²) in [7, 11) is 3.04. The Morgan fingerprint density at radius 3 is 2.42 bits per heavy atom. The number of hydrogen-bond acceptors (Lipinski definition) is 8. The van der Waals surface area contributed by atoms with E-state index in [1.54, 1.807) is 24.3 Å². The molecule has 1 aliphatic heterocycles. The first-order valence-corrected chi connectivity index (χ1v) is 15.0. The van der Waals surface area contributed by atoms with Gasteiger partial charge in [-0.05, 0) is 60.0 Å². The number of pyridine rings is 1. The Kier molecular flexibility index (Phi) is 9.65. The van der Waals surface area contributed by atoms with Crippen molar-refractivity contribution in [3.8, 4) is 22.8 Å². The van der Waals surface area contributed by atoms with E-state index in [1.807, 2.05) is 65.6 Å². The van der Waals surface area contributed by atoms with E-state index >= 15 is 0 Å². The first-order valence-electron chi connectivity index (χ1n) is 13.8. The Hall–Kier alpha value is -4.74. The van der Waals surface area contributed by atoms with Crippen molar-refractivity contribution in [2.24, 2.45) is 0 Å². The van der Waals surface area contributed by atoms with Crippen molar-refractivity contribution < 1.29 is 23.6 Å². The van der Waals surface area contributed by atoms with E-state index in [2.05, 4.69) is 20.3 Å². The van der Waals surface area contributed by atoms with Gasteiger partial charge >= 0.3 is 0 Å². The fraction of sp³-hybridized carbons (Fsp3) is 0.219. The van der Waals surface area contributed by atoms with E-state index in [0.717, 1.165) is 36.3 Å². The molecule has 2 heterocycles. The molecule has 1 atom stereocenters. The fourth-order valence-corrected chi connectivity index (χ4v) is 5.54. The number of hydrogen-bond donors (Lipinski definition) is 3. The van der Waals surface area contributed by atoms with Gasteiger partial charge in [-0.2, -0.15) is 0 Å². The predicted molar refractivity (Wildman–Crippen MR) is 167 cm³/mol. The lowest BCUT2D eigenvalue weighted by atomic mass is 10.0. The fourth-order valence-electron chi connectivity index (χ4n) is 4.52. The van der Waals surface area contributed by atoms with Crippen molar-refractivity contribution in [1.29, 1.82) is 0 Å². The molecule has 43 heavy (non-hydrogen) atoms. The highest BCUT2D eigenvalue weighted by Gasteiger charge is 2.23. The predicted octanol–water partition coefficient (Wildman–Crippen LogP) is 4.59. The van der Waals surface area contributed by atoms with Gasteiger partial charge < -0.3 is 29.6 Å². The summed E-state index contributed by atoms with van der Waals surface area (Å²) in [6, 6.07) is 25.4. The zero-order valence-electron chi connectivity index (χ0n) is 24.0. The quantitative estimate of drug-likeness (QED) is 0.159. The second-order valence-corrected chi connectivity index (χ2v) is 11.0. The molecule has 0 spiro atoms. The van der Waals surface area contributed by atoms with Crippen LogP contribution in [0.25, 0.3) is 11.1 Å². The monoisotopic (exact) mass is 599 g/mol. The number of benzene rings is 3. The summed E-state index contributed by atoms with van der Waals surface area (Å²) in [6.07, 6.45) is 1.03. The second-order valence-electron chi connectivity index (χ2n) is 9.79. The number of ether oxygens (including phenoxy) is 2. The zero-order valence-corrected chi connectivity index (χ0v) is 24.8. The van der Waals surface area contributed by atoms with Gasteiger partial charge in [0.25, 0.3) is 11.8 Å². The largest absolute Gasteiger partial charge is 0.588 e. The van der Waals surface area contributed by atoms with Gasteiger partial charge in [-0.25, -0.2) is 9.71 Å². The van der Waals surface area contributed by atoms with E-state index in [9.17, 15) is 14.1 Å². The van der Waals surface area contributed by atoms with E-state index in [1.165, 1.54) is 14.2 Å². The second kappa shape index (κ2) is 14.0. The number of aromatic nitrogens is 1. The van der Waals surface area contributed by atoms with Crippen LogP contribution in [0.2, 0.25) is 0 Å². The number of nitrogens with one attached hydrogen (secondary N) is 3. The molecule has 0 aliphatic carbocycles. The van der Waals surface area contributed by atoms with E-state index < -0.39 is 11.4 Å². The normalized spacial score (nSPS) is 13.0. The van der Waals surface area contributed by atoms with Crippen molar-refractivity contribution in [2.45, 2.75) is 11.3 Å². The van der Waals surface area contributed by atoms with Crippen molar-refractivity contribution in [3.63, 3.8) is 0 Å². The van der Waals surface area contributed by atoms with Gasteiger partial charge in [0.05, 0.1) is 19.9 Å². The topological polar surface area (TPSA) is 128 Å². The summed E-state index contributed by atoms with van der Waals surface area (Å²) in [5, 5.41) is 6.08. The minimum atomic E-state index is -1.64. The van der Waals surface area contributed by atoms with Gasteiger partial charge in [0.15, 0.2) is 5.75 Å². The van der Waals surface area contributed by atoms with Crippen LogP contribution in [0.5, 0.6) is 11.6 Å². The summed E-state index contributed by atoms with van der Waals surface area (Å²) < 4.78 is 27.1. The molecule has 4 aromatic rings. The molecule has 1 aliphatic rings. The van der Waals surface area contributed by atoms with Crippen LogP contribution < -0.4 is 24.8 Å². The van der Waals surface area contributed by atoms with Crippen molar-refractivity contribution in [3.05, 3.63) is 96.2 Å². The number of nitrogens with zero attached hydrogens (tertiary/aromatic N) is 2. The highest BCUT2D eigenvalue weighted by molar-refractivity contribution is 7.92. The third-order valence-electron chi connectivity index (χ3n) is 6.93. The Balaban J connectivity index is 1.21. The molecule has 1 fully saturated rings. The lowest BCUT2D eigenvalue weighted by Gasteiger charge is -2.31. The highest BCUT2D eigenvalue weighted by atomic mass is 32.2. The number of methoxy groups -OCH3 is 2. The number of anilines is 2. The molecular formula is C32H33N5O5S. The lowest BCUT2D eigenvalue weighted by Crippen LogP contribution is -2.41. The average Bonchev–Trinajstić information content (AvgIpc) is 3.02. The Labute approximate surface area is 253 Å². The molecule has 0 saturated carbocycles. The average molecular weight is 600 g/mol. The molecule has 1 aromatic heterocycles. The number of likely N-dealkylation sites (tertiary alicyclic amines) is 1. The summed E-state index contributed by atoms with van der Waals surface area (Å²) >= 11 is -1.64. The molecule has 11 heteroatoms. The van der Waals surface area contributed by atoms with Crippen LogP contribution >= 0.6 is 0 Å². The Morgan fingerprint density at radius 1 is 0.884 bits per heavy atom. The third kappa shape index (κ3) is 7.37. The molecule has 1 saturated heterocycles. The van der Waals surface area contributed by atoms with Gasteiger partial charge in [0.2, 0.25) is 10.8 Å². The van der Waals surface area contributed by atoms with Crippen LogP contribution in [0.1, 0.15) is 27.3 Å². The van der Waals surface area contributed by atoms with Crippen LogP contribution in [-0.4, -0.2) is 66.6 Å². The van der Waals surface area contributed by atoms with Crippen LogP contribution in [-0.2, 0) is 11.4 Å². The lowest BCUT2D eigenvalue weighted by molar-refractivity contribution is 0.0651. The molecule has 5 rings (SSSR count). The molecule has 0 radical (unpaired) electrons. The Morgan fingerprint density at radius 2 is 1.65 bits per heavy atom. The number of carbonyl (C=O) groups excluding carboxylic acids is 2. The minimum absolute atomic E-state index is 0.0248. The molecule has 1 unspecified atom stereocenters. The SMILES string of the molecule is COc1cccc(C(=O)NCCNc2cccc(N[S+]([O-])c3cc(-c4cccc(C(=O)N5CCC5)c4)ccc3OC)c2)n1. The summed E-state index contributed by atoms with van der Waals surface area (Å²) in [5.41, 5.74) is 4.02. The summed E-state index contributed by atoms with van der Waals surface area (Å²) in [5.74, 6) is 0.590. The number of amides is 2. The van der Waals surface area contributed by atoms with Crippen molar-refractivity contribution >= 4 is 34.6 Å². The number of carbonyl (C=O) groups is 2. The summed E-state index contributed by atoms with van der Waals surface area (Å²) in [4.78, 5) is 31.5. The smallest absolute Gasteiger partial charge is 0.270 e. The van der Waals surface area contributed by atoms with Gasteiger partial charge in [0.1, 0.15) is 17.1 Å². The maximum absolute atomic E-state index is 13.5. The minimum Gasteiger partial charge on any atom is -0.588 e. The standard InChI is InChI=1S/C32H33N5O5S/c1-41-28-14-13-23(22-7-3-8-24(19-22)32(39)37-17-6-18-37)20-29(28)43(40)36-26-10-4-9-25(21-26)33-15-16-34-31(38)27-11-5-12-30(35-27)42-2/h3-5,7-14,19-21,33,36H,6,15-18H2,1-2H3,(H,34,38). The summed E-state index contributed by atoms with van der Waals surface area (Å²) in [6.45, 7) is 2.42. The van der Waals surface area contributed by atoms with E-state index in [0.29, 0.717) is 40.9 Å². The Bertz CT molecular complexity index is 1600. The zero-order chi connectivity index (χ0) is 30.2. The van der Waals surface area contributed by atoms with Crippen LogP contribution in [0, 0.1) is 0 Å². The van der Waals surface area contributed by atoms with Crippen LogP contribution in [0.4, 0.5) is 11.4 Å².